The fourth-order valence-corrected chi connectivity index (χ4v) is 2.60. The second-order valence-electron chi connectivity index (χ2n) is 8.16. The summed E-state index contributed by atoms with van der Waals surface area (Å²) in [6, 6.07) is 6.80. The Labute approximate surface area is 181 Å². The molecule has 0 aliphatic rings. The fraction of sp³-hybridized carbons (Fsp3) is 0.409. The number of nitrogens with zero attached hydrogens (tertiary/aromatic N) is 2. The van der Waals surface area contributed by atoms with E-state index in [0.29, 0.717) is 5.69 Å². The van der Waals surface area contributed by atoms with E-state index in [-0.39, 0.29) is 23.9 Å². The molecule has 0 aliphatic carbocycles. The molecule has 1 atom stereocenters. The Hall–Kier alpha value is -3.20. The van der Waals surface area contributed by atoms with Crippen LogP contribution in [0.5, 0.6) is 5.75 Å². The van der Waals surface area contributed by atoms with Crippen molar-refractivity contribution in [2.45, 2.75) is 53.2 Å². The summed E-state index contributed by atoms with van der Waals surface area (Å²) in [5.74, 6) is -0.639. The second-order valence-corrected chi connectivity index (χ2v) is 8.16. The first kappa shape index (κ1) is 24.1. The van der Waals surface area contributed by atoms with Crippen LogP contribution in [0.25, 0.3) is 0 Å². The number of hydroxylamine groups is 2. The number of hydrogen-bond acceptors (Lipinski definition) is 5. The maximum atomic E-state index is 14.1. The molecule has 0 radical (unpaired) electrons. The minimum Gasteiger partial charge on any atom is -0.489 e. The van der Waals surface area contributed by atoms with Crippen molar-refractivity contribution in [3.05, 3.63) is 48.0 Å². The van der Waals surface area contributed by atoms with Crippen LogP contribution in [0, 0.1) is 12.7 Å². The number of hydrogen-bond donors (Lipinski definition) is 2. The highest BCUT2D eigenvalue weighted by Gasteiger charge is 2.22. The van der Waals surface area contributed by atoms with E-state index in [0.717, 1.165) is 5.69 Å². The fourth-order valence-electron chi connectivity index (χ4n) is 2.60. The van der Waals surface area contributed by atoms with Gasteiger partial charge in [0.15, 0.2) is 0 Å². The summed E-state index contributed by atoms with van der Waals surface area (Å²) in [5.41, 5.74) is 0.993. The SMILES string of the molecule is CC(=O)N(C[C@@H](C)Oc1cc(F)cc(NC(=O)Nc2ccc(C)nc2)c1)OC(C)(C)C. The third-order valence-electron chi connectivity index (χ3n) is 3.79. The van der Waals surface area contributed by atoms with Gasteiger partial charge in [-0.1, -0.05) is 0 Å². The molecule has 2 aromatic rings. The molecule has 2 N–H and O–H groups in total. The largest absolute Gasteiger partial charge is 0.489 e. The number of pyridine rings is 1. The van der Waals surface area contributed by atoms with Gasteiger partial charge in [0.2, 0.25) is 5.91 Å². The zero-order valence-electron chi connectivity index (χ0n) is 18.7. The standard InChI is InChI=1S/C22H29FN4O4/c1-14-7-8-18(12-24-14)25-21(29)26-19-9-17(23)10-20(11-19)30-15(2)13-27(16(3)28)31-22(4,5)6/h7-12,15H,13H2,1-6H3,(H2,25,26,29)/t15-/m1/s1. The van der Waals surface area contributed by atoms with E-state index in [1.165, 1.54) is 36.4 Å². The first-order valence-corrected chi connectivity index (χ1v) is 9.86. The first-order chi connectivity index (χ1) is 14.4. The van der Waals surface area contributed by atoms with E-state index in [1.54, 1.807) is 19.1 Å². The first-order valence-electron chi connectivity index (χ1n) is 9.86. The van der Waals surface area contributed by atoms with Crippen LogP contribution >= 0.6 is 0 Å². The molecule has 1 aromatic heterocycles. The highest BCUT2D eigenvalue weighted by Crippen LogP contribution is 2.22. The number of rotatable bonds is 7. The molecule has 31 heavy (non-hydrogen) atoms. The van der Waals surface area contributed by atoms with Gasteiger partial charge in [-0.2, -0.15) is 0 Å². The average Bonchev–Trinajstić information content (AvgIpc) is 2.61. The number of urea groups is 1. The Morgan fingerprint density at radius 3 is 2.42 bits per heavy atom. The van der Waals surface area contributed by atoms with E-state index >= 15 is 0 Å². The summed E-state index contributed by atoms with van der Waals surface area (Å²) >= 11 is 0. The molecule has 1 aromatic carbocycles. The molecule has 0 fully saturated rings. The number of halogens is 1. The summed E-state index contributed by atoms with van der Waals surface area (Å²) in [6.07, 6.45) is 1.03. The Bertz CT molecular complexity index is 913. The van der Waals surface area contributed by atoms with Crippen LogP contribution in [0.15, 0.2) is 36.5 Å². The maximum absolute atomic E-state index is 14.1. The third-order valence-corrected chi connectivity index (χ3v) is 3.79. The summed E-state index contributed by atoms with van der Waals surface area (Å²) in [5, 5.41) is 6.40. The topological polar surface area (TPSA) is 92.8 Å². The number of anilines is 2. The molecule has 0 bridgehead atoms. The van der Waals surface area contributed by atoms with E-state index in [2.05, 4.69) is 15.6 Å². The van der Waals surface area contributed by atoms with Gasteiger partial charge in [0.1, 0.15) is 17.7 Å². The van der Waals surface area contributed by atoms with Crippen molar-refractivity contribution in [3.8, 4) is 5.75 Å². The van der Waals surface area contributed by atoms with Crippen molar-refractivity contribution in [2.75, 3.05) is 17.2 Å². The third kappa shape index (κ3) is 8.59. The van der Waals surface area contributed by atoms with Crippen molar-refractivity contribution < 1.29 is 23.6 Å². The second kappa shape index (κ2) is 10.2. The van der Waals surface area contributed by atoms with Gasteiger partial charge in [-0.25, -0.2) is 14.2 Å². The number of amides is 3. The van der Waals surface area contributed by atoms with Crippen LogP contribution < -0.4 is 15.4 Å². The number of carbonyl (C=O) groups excluding carboxylic acids is 2. The summed E-state index contributed by atoms with van der Waals surface area (Å²) in [6.45, 7) is 10.6. The van der Waals surface area contributed by atoms with Crippen molar-refractivity contribution in [1.82, 2.24) is 10.0 Å². The molecule has 0 saturated heterocycles. The lowest BCUT2D eigenvalue weighted by molar-refractivity contribution is -0.230. The maximum Gasteiger partial charge on any atom is 0.323 e. The van der Waals surface area contributed by atoms with Crippen molar-refractivity contribution >= 4 is 23.3 Å². The Morgan fingerprint density at radius 2 is 1.84 bits per heavy atom. The van der Waals surface area contributed by atoms with Crippen molar-refractivity contribution in [2.24, 2.45) is 0 Å². The lowest BCUT2D eigenvalue weighted by atomic mass is 10.2. The highest BCUT2D eigenvalue weighted by molar-refractivity contribution is 5.99. The molecule has 2 rings (SSSR count). The molecule has 9 heteroatoms. The molecule has 8 nitrogen and oxygen atoms in total. The van der Waals surface area contributed by atoms with Gasteiger partial charge in [-0.15, -0.1) is 0 Å². The summed E-state index contributed by atoms with van der Waals surface area (Å²) in [4.78, 5) is 33.8. The average molecular weight is 432 g/mol. The van der Waals surface area contributed by atoms with Crippen LogP contribution in [0.1, 0.15) is 40.3 Å². The monoisotopic (exact) mass is 432 g/mol. The molecular weight excluding hydrogens is 403 g/mol. The predicted octanol–water partition coefficient (Wildman–Crippen LogP) is 4.52. The molecule has 0 aliphatic heterocycles. The van der Waals surface area contributed by atoms with Gasteiger partial charge in [0, 0.05) is 30.4 Å². The molecule has 3 amide bonds. The van der Waals surface area contributed by atoms with Gasteiger partial charge in [0.05, 0.1) is 24.0 Å². The summed E-state index contributed by atoms with van der Waals surface area (Å²) < 4.78 is 19.8. The number of ether oxygens (including phenoxy) is 1. The number of aryl methyl sites for hydroxylation is 1. The van der Waals surface area contributed by atoms with E-state index in [4.69, 9.17) is 9.57 Å². The van der Waals surface area contributed by atoms with Gasteiger partial charge in [0.25, 0.3) is 0 Å². The molecule has 0 spiro atoms. The summed E-state index contributed by atoms with van der Waals surface area (Å²) in [7, 11) is 0. The van der Waals surface area contributed by atoms with Crippen LogP contribution in [-0.4, -0.2) is 40.2 Å². The molecular formula is C22H29FN4O4. The van der Waals surface area contributed by atoms with Gasteiger partial charge in [-0.3, -0.25) is 14.6 Å². The molecule has 0 unspecified atom stereocenters. The van der Waals surface area contributed by atoms with Crippen LogP contribution in [0.2, 0.25) is 0 Å². The van der Waals surface area contributed by atoms with E-state index in [9.17, 15) is 14.0 Å². The van der Waals surface area contributed by atoms with Crippen LogP contribution in [0.3, 0.4) is 0 Å². The normalized spacial score (nSPS) is 12.1. The van der Waals surface area contributed by atoms with Crippen LogP contribution in [0.4, 0.5) is 20.6 Å². The van der Waals surface area contributed by atoms with Gasteiger partial charge in [-0.05, 0) is 52.8 Å². The Balaban J connectivity index is 2.01. The lowest BCUT2D eigenvalue weighted by Gasteiger charge is -2.30. The quantitative estimate of drug-likeness (QED) is 0.628. The minimum atomic E-state index is -0.577. The number of carbonyl (C=O) groups is 2. The predicted molar refractivity (Wildman–Crippen MR) is 116 cm³/mol. The Kier molecular flexibility index (Phi) is 7.93. The number of nitrogens with one attached hydrogen (secondary N) is 2. The van der Waals surface area contributed by atoms with Crippen molar-refractivity contribution in [1.29, 1.82) is 0 Å². The zero-order valence-corrected chi connectivity index (χ0v) is 18.7. The molecule has 1 heterocycles. The molecule has 0 saturated carbocycles. The van der Waals surface area contributed by atoms with E-state index < -0.39 is 23.6 Å². The lowest BCUT2D eigenvalue weighted by Crippen LogP contribution is -2.42. The van der Waals surface area contributed by atoms with Gasteiger partial charge < -0.3 is 15.4 Å². The van der Waals surface area contributed by atoms with Crippen molar-refractivity contribution in [3.63, 3.8) is 0 Å². The minimum absolute atomic E-state index is 0.146. The smallest absolute Gasteiger partial charge is 0.323 e. The van der Waals surface area contributed by atoms with Gasteiger partial charge >= 0.3 is 6.03 Å². The highest BCUT2D eigenvalue weighted by atomic mass is 19.1. The van der Waals surface area contributed by atoms with Crippen LogP contribution in [-0.2, 0) is 9.63 Å². The Morgan fingerprint density at radius 1 is 1.16 bits per heavy atom. The van der Waals surface area contributed by atoms with E-state index in [1.807, 2.05) is 27.7 Å². The zero-order chi connectivity index (χ0) is 23.2. The number of aromatic nitrogens is 1. The molecule has 168 valence electrons. The number of benzene rings is 1.